The summed E-state index contributed by atoms with van der Waals surface area (Å²) >= 11 is 5.53. The van der Waals surface area contributed by atoms with E-state index in [1.54, 1.807) is 4.68 Å². The summed E-state index contributed by atoms with van der Waals surface area (Å²) in [7, 11) is 0. The van der Waals surface area contributed by atoms with Gasteiger partial charge in [-0.15, -0.1) is 0 Å². The molecule has 1 unspecified atom stereocenters. The van der Waals surface area contributed by atoms with Gasteiger partial charge in [0.15, 0.2) is 0 Å². The van der Waals surface area contributed by atoms with E-state index in [0.717, 1.165) is 12.1 Å². The Balaban J connectivity index is 2.31. The molecule has 0 bridgehead atoms. The highest BCUT2D eigenvalue weighted by molar-refractivity contribution is 6.30. The van der Waals surface area contributed by atoms with Gasteiger partial charge < -0.3 is 0 Å². The van der Waals surface area contributed by atoms with Gasteiger partial charge in [0, 0.05) is 18.5 Å². The van der Waals surface area contributed by atoms with Crippen molar-refractivity contribution >= 4 is 11.6 Å². The minimum atomic E-state index is -0.694. The summed E-state index contributed by atoms with van der Waals surface area (Å²) in [4.78, 5) is 4.08. The average Bonchev–Trinajstić information content (AvgIpc) is 2.87. The molecule has 0 fully saturated rings. The molecular weight excluding hydrogens is 288 g/mol. The van der Waals surface area contributed by atoms with Gasteiger partial charge in [-0.25, -0.2) is 13.8 Å². The molecule has 108 valence electrons. The molecule has 0 saturated carbocycles. The second-order valence-corrected chi connectivity index (χ2v) is 4.61. The molecule has 2 aromatic rings. The van der Waals surface area contributed by atoms with Crippen LogP contribution in [0.1, 0.15) is 24.4 Å². The van der Waals surface area contributed by atoms with Crippen LogP contribution in [0.2, 0.25) is 5.02 Å². The van der Waals surface area contributed by atoms with Gasteiger partial charge in [-0.2, -0.15) is 5.10 Å². The Morgan fingerprint density at radius 3 is 2.80 bits per heavy atom. The number of hydrogen-bond acceptors (Lipinski definition) is 4. The molecular formula is C12H14ClF2N5. The van der Waals surface area contributed by atoms with E-state index in [4.69, 9.17) is 17.4 Å². The number of nitrogens with one attached hydrogen (secondary N) is 1. The number of aromatic nitrogens is 3. The first-order valence-corrected chi connectivity index (χ1v) is 6.41. The van der Waals surface area contributed by atoms with Crippen molar-refractivity contribution in [1.82, 2.24) is 20.2 Å². The molecule has 0 saturated heterocycles. The first-order chi connectivity index (χ1) is 9.56. The van der Waals surface area contributed by atoms with Crippen LogP contribution < -0.4 is 11.3 Å². The molecule has 8 heteroatoms. The summed E-state index contributed by atoms with van der Waals surface area (Å²) in [5, 5.41) is 3.75. The predicted octanol–water partition coefficient (Wildman–Crippen LogP) is 1.98. The molecule has 3 N–H and O–H groups in total. The van der Waals surface area contributed by atoms with Crippen molar-refractivity contribution in [2.45, 2.75) is 25.9 Å². The Labute approximate surface area is 119 Å². The van der Waals surface area contributed by atoms with Crippen molar-refractivity contribution in [3.05, 3.63) is 46.5 Å². The van der Waals surface area contributed by atoms with Crippen molar-refractivity contribution in [2.24, 2.45) is 5.84 Å². The van der Waals surface area contributed by atoms with E-state index < -0.39 is 17.7 Å². The zero-order chi connectivity index (χ0) is 14.7. The third kappa shape index (κ3) is 2.95. The number of aryl methyl sites for hydroxylation is 1. The Bertz CT molecular complexity index is 602. The van der Waals surface area contributed by atoms with E-state index in [1.165, 1.54) is 6.33 Å². The average molecular weight is 302 g/mol. The molecule has 1 aromatic heterocycles. The van der Waals surface area contributed by atoms with Crippen molar-refractivity contribution in [3.63, 3.8) is 0 Å². The molecule has 0 aliphatic heterocycles. The minimum absolute atomic E-state index is 0.0973. The molecule has 1 heterocycles. The third-order valence-electron chi connectivity index (χ3n) is 3.00. The molecule has 0 amide bonds. The van der Waals surface area contributed by atoms with E-state index >= 15 is 0 Å². The lowest BCUT2D eigenvalue weighted by Crippen LogP contribution is -2.31. The molecule has 5 nitrogen and oxygen atoms in total. The summed E-state index contributed by atoms with van der Waals surface area (Å²) in [6, 6.07) is 1.34. The fourth-order valence-electron chi connectivity index (χ4n) is 1.96. The number of hydrogen-bond donors (Lipinski definition) is 2. The number of nitrogens with two attached hydrogens (primary N) is 1. The number of nitrogens with zero attached hydrogens (tertiary/aromatic N) is 3. The lowest BCUT2D eigenvalue weighted by Gasteiger charge is -2.17. The fraction of sp³-hybridized carbons (Fsp3) is 0.333. The Kier molecular flexibility index (Phi) is 4.64. The van der Waals surface area contributed by atoms with Gasteiger partial charge in [0.2, 0.25) is 0 Å². The normalized spacial score (nSPS) is 12.7. The fourth-order valence-corrected chi connectivity index (χ4v) is 2.11. The molecule has 20 heavy (non-hydrogen) atoms. The van der Waals surface area contributed by atoms with Crippen LogP contribution in [-0.2, 0) is 13.0 Å². The zero-order valence-electron chi connectivity index (χ0n) is 10.8. The van der Waals surface area contributed by atoms with Gasteiger partial charge in [0.1, 0.15) is 23.8 Å². The molecule has 1 atom stereocenters. The highest BCUT2D eigenvalue weighted by Gasteiger charge is 2.20. The number of halogens is 3. The van der Waals surface area contributed by atoms with Crippen molar-refractivity contribution in [1.29, 1.82) is 0 Å². The van der Waals surface area contributed by atoms with Gasteiger partial charge in [0.25, 0.3) is 0 Å². The highest BCUT2D eigenvalue weighted by atomic mass is 35.5. The molecule has 0 aliphatic rings. The maximum absolute atomic E-state index is 13.9. The summed E-state index contributed by atoms with van der Waals surface area (Å²) in [6.07, 6.45) is 1.69. The van der Waals surface area contributed by atoms with Crippen LogP contribution in [0.25, 0.3) is 0 Å². The smallest absolute Gasteiger partial charge is 0.142 e. The molecule has 0 spiro atoms. The Morgan fingerprint density at radius 1 is 1.40 bits per heavy atom. The maximum atomic E-state index is 13.9. The van der Waals surface area contributed by atoms with Crippen molar-refractivity contribution in [2.75, 3.05) is 0 Å². The minimum Gasteiger partial charge on any atom is -0.271 e. The van der Waals surface area contributed by atoms with Crippen LogP contribution in [0.3, 0.4) is 0 Å². The van der Waals surface area contributed by atoms with Gasteiger partial charge in [-0.05, 0) is 19.1 Å². The van der Waals surface area contributed by atoms with Crippen molar-refractivity contribution < 1.29 is 8.78 Å². The summed E-state index contributed by atoms with van der Waals surface area (Å²) < 4.78 is 29.0. The molecule has 1 aromatic carbocycles. The number of hydrazine groups is 1. The highest BCUT2D eigenvalue weighted by Crippen LogP contribution is 2.25. The second-order valence-electron chi connectivity index (χ2n) is 4.20. The maximum Gasteiger partial charge on any atom is 0.142 e. The molecule has 2 rings (SSSR count). The van der Waals surface area contributed by atoms with Crippen LogP contribution in [-0.4, -0.2) is 14.8 Å². The van der Waals surface area contributed by atoms with Gasteiger partial charge >= 0.3 is 0 Å². The predicted molar refractivity (Wildman–Crippen MR) is 70.8 cm³/mol. The standard InChI is InChI=1S/C12H14ClF2N5/c1-2-20-12(17-6-18-20)5-11(19-16)7-3-10(15)8(13)4-9(7)14/h3-4,6,11,19H,2,5,16H2,1H3. The SMILES string of the molecule is CCn1ncnc1CC(NN)c1cc(F)c(Cl)cc1F. The second kappa shape index (κ2) is 6.25. The quantitative estimate of drug-likeness (QED) is 0.503. The van der Waals surface area contributed by atoms with Crippen molar-refractivity contribution in [3.8, 4) is 0 Å². The van der Waals surface area contributed by atoms with Crippen LogP contribution in [0.15, 0.2) is 18.5 Å². The van der Waals surface area contributed by atoms with Gasteiger partial charge in [-0.3, -0.25) is 16.0 Å². The summed E-state index contributed by atoms with van der Waals surface area (Å²) in [5.74, 6) is 4.75. The zero-order valence-corrected chi connectivity index (χ0v) is 11.5. The first-order valence-electron chi connectivity index (χ1n) is 6.04. The van der Waals surface area contributed by atoms with E-state index in [2.05, 4.69) is 15.5 Å². The van der Waals surface area contributed by atoms with Crippen LogP contribution in [0.4, 0.5) is 8.78 Å². The Hall–Kier alpha value is -1.57. The Morgan fingerprint density at radius 2 is 2.15 bits per heavy atom. The van der Waals surface area contributed by atoms with E-state index in [1.807, 2.05) is 6.92 Å². The van der Waals surface area contributed by atoms with E-state index in [0.29, 0.717) is 12.4 Å². The summed E-state index contributed by atoms with van der Waals surface area (Å²) in [6.45, 7) is 2.54. The number of benzene rings is 1. The molecule has 0 aliphatic carbocycles. The van der Waals surface area contributed by atoms with Crippen LogP contribution in [0.5, 0.6) is 0 Å². The van der Waals surface area contributed by atoms with Crippen LogP contribution in [0, 0.1) is 11.6 Å². The largest absolute Gasteiger partial charge is 0.271 e. The monoisotopic (exact) mass is 301 g/mol. The number of rotatable bonds is 5. The van der Waals surface area contributed by atoms with Crippen LogP contribution >= 0.6 is 11.6 Å². The van der Waals surface area contributed by atoms with Gasteiger partial charge in [-0.1, -0.05) is 11.6 Å². The van der Waals surface area contributed by atoms with Gasteiger partial charge in [0.05, 0.1) is 11.1 Å². The lowest BCUT2D eigenvalue weighted by molar-refractivity contribution is 0.480. The molecule has 0 radical (unpaired) electrons. The topological polar surface area (TPSA) is 68.8 Å². The summed E-state index contributed by atoms with van der Waals surface area (Å²) in [5.41, 5.74) is 2.56. The first kappa shape index (κ1) is 14.8. The lowest BCUT2D eigenvalue weighted by atomic mass is 10.0. The third-order valence-corrected chi connectivity index (χ3v) is 3.29. The van der Waals surface area contributed by atoms with E-state index in [9.17, 15) is 8.78 Å². The van der Waals surface area contributed by atoms with E-state index in [-0.39, 0.29) is 17.0 Å².